The molecule has 1 aliphatic carbocycles. The Morgan fingerprint density at radius 3 is 2.14 bits per heavy atom. The van der Waals surface area contributed by atoms with Gasteiger partial charge in [0.25, 0.3) is 0 Å². The third-order valence-electron chi connectivity index (χ3n) is 4.65. The van der Waals surface area contributed by atoms with Gasteiger partial charge in [-0.15, -0.1) is 12.3 Å². The van der Waals surface area contributed by atoms with Crippen LogP contribution in [0.1, 0.15) is 44.2 Å². The molecule has 0 aliphatic heterocycles. The standard InChI is InChI=1S/C24H25NO4/c1-5-10-21(22(26)29-24(2,3)4)25-23(27)28-15-20-18-13-8-6-11-16(18)17-12-7-9-14-19(17)20/h1,6-9,11-14,20-21H,10,15H2,2-4H3,(H,25,27). The normalized spacial score (nSPS) is 13.6. The van der Waals surface area contributed by atoms with Crippen molar-refractivity contribution in [1.29, 1.82) is 0 Å². The minimum atomic E-state index is -0.949. The van der Waals surface area contributed by atoms with E-state index in [4.69, 9.17) is 15.9 Å². The first-order valence-corrected chi connectivity index (χ1v) is 9.58. The molecule has 1 unspecified atom stereocenters. The second-order valence-electron chi connectivity index (χ2n) is 7.96. The minimum absolute atomic E-state index is 0.0269. The Balaban J connectivity index is 1.67. The van der Waals surface area contributed by atoms with Crippen LogP contribution < -0.4 is 5.32 Å². The molecular weight excluding hydrogens is 366 g/mol. The van der Waals surface area contributed by atoms with E-state index in [0.29, 0.717) is 0 Å². The van der Waals surface area contributed by atoms with Gasteiger partial charge in [0.1, 0.15) is 18.2 Å². The van der Waals surface area contributed by atoms with E-state index >= 15 is 0 Å². The maximum atomic E-state index is 12.4. The van der Waals surface area contributed by atoms with Crippen molar-refractivity contribution in [3.8, 4) is 23.5 Å². The van der Waals surface area contributed by atoms with Crippen LogP contribution in [0.4, 0.5) is 4.79 Å². The van der Waals surface area contributed by atoms with Gasteiger partial charge in [-0.1, -0.05) is 48.5 Å². The third kappa shape index (κ3) is 4.78. The second-order valence-corrected chi connectivity index (χ2v) is 7.96. The van der Waals surface area contributed by atoms with Crippen molar-refractivity contribution >= 4 is 12.1 Å². The maximum Gasteiger partial charge on any atom is 0.407 e. The first-order valence-electron chi connectivity index (χ1n) is 9.58. The fourth-order valence-electron chi connectivity index (χ4n) is 3.47. The SMILES string of the molecule is C#CCC(NC(=O)OCC1c2ccccc2-c2ccccc21)C(=O)OC(C)(C)C. The monoisotopic (exact) mass is 391 g/mol. The van der Waals surface area contributed by atoms with Gasteiger partial charge in [-0.25, -0.2) is 9.59 Å². The summed E-state index contributed by atoms with van der Waals surface area (Å²) >= 11 is 0. The van der Waals surface area contributed by atoms with E-state index in [0.717, 1.165) is 22.3 Å². The second kappa shape index (κ2) is 8.40. The topological polar surface area (TPSA) is 64.6 Å². The number of carbonyl (C=O) groups is 2. The van der Waals surface area contributed by atoms with Gasteiger partial charge in [0.15, 0.2) is 0 Å². The Bertz CT molecular complexity index is 906. The Hall–Kier alpha value is -3.26. The zero-order valence-electron chi connectivity index (χ0n) is 16.9. The van der Waals surface area contributed by atoms with Crippen molar-refractivity contribution in [2.24, 2.45) is 0 Å². The van der Waals surface area contributed by atoms with Crippen LogP contribution in [0.25, 0.3) is 11.1 Å². The zero-order chi connectivity index (χ0) is 21.0. The summed E-state index contributed by atoms with van der Waals surface area (Å²) in [5.41, 5.74) is 3.86. The van der Waals surface area contributed by atoms with Crippen molar-refractivity contribution in [3.63, 3.8) is 0 Å². The number of hydrogen-bond acceptors (Lipinski definition) is 4. The van der Waals surface area contributed by atoms with E-state index < -0.39 is 23.7 Å². The van der Waals surface area contributed by atoms with Gasteiger partial charge in [-0.05, 0) is 43.0 Å². The van der Waals surface area contributed by atoms with Crippen LogP contribution >= 0.6 is 0 Å². The van der Waals surface area contributed by atoms with E-state index in [1.165, 1.54) is 0 Å². The van der Waals surface area contributed by atoms with Crippen LogP contribution in [0.5, 0.6) is 0 Å². The summed E-state index contributed by atoms with van der Waals surface area (Å²) in [6, 6.07) is 15.2. The largest absolute Gasteiger partial charge is 0.458 e. The van der Waals surface area contributed by atoms with Crippen LogP contribution in [0.15, 0.2) is 48.5 Å². The summed E-state index contributed by atoms with van der Waals surface area (Å²) in [6.45, 7) is 5.43. The first-order chi connectivity index (χ1) is 13.8. The highest BCUT2D eigenvalue weighted by molar-refractivity contribution is 5.82. The molecule has 150 valence electrons. The maximum absolute atomic E-state index is 12.4. The molecule has 29 heavy (non-hydrogen) atoms. The molecule has 2 aromatic carbocycles. The number of rotatable bonds is 5. The van der Waals surface area contributed by atoms with Crippen LogP contribution in [0.2, 0.25) is 0 Å². The number of carbonyl (C=O) groups excluding carboxylic acids is 2. The van der Waals surface area contributed by atoms with Crippen LogP contribution in [-0.2, 0) is 14.3 Å². The molecule has 1 N–H and O–H groups in total. The van der Waals surface area contributed by atoms with Gasteiger partial charge < -0.3 is 14.8 Å². The highest BCUT2D eigenvalue weighted by atomic mass is 16.6. The lowest BCUT2D eigenvalue weighted by Gasteiger charge is -2.23. The lowest BCUT2D eigenvalue weighted by molar-refractivity contribution is -0.157. The molecule has 0 saturated carbocycles. The fourth-order valence-corrected chi connectivity index (χ4v) is 3.47. The summed E-state index contributed by atoms with van der Waals surface area (Å²) in [5, 5.41) is 2.53. The number of alkyl carbamates (subject to hydrolysis) is 1. The zero-order valence-corrected chi connectivity index (χ0v) is 16.9. The molecule has 5 nitrogen and oxygen atoms in total. The van der Waals surface area contributed by atoms with Gasteiger partial charge in [-0.2, -0.15) is 0 Å². The molecule has 0 fully saturated rings. The van der Waals surface area contributed by atoms with E-state index in [1.807, 2.05) is 36.4 Å². The van der Waals surface area contributed by atoms with Crippen LogP contribution in [-0.4, -0.2) is 30.3 Å². The van der Waals surface area contributed by atoms with E-state index in [-0.39, 0.29) is 18.9 Å². The molecule has 3 rings (SSSR count). The number of ether oxygens (including phenoxy) is 2. The molecule has 0 bridgehead atoms. The Morgan fingerprint density at radius 1 is 1.07 bits per heavy atom. The van der Waals surface area contributed by atoms with Gasteiger partial charge in [0.05, 0.1) is 0 Å². The van der Waals surface area contributed by atoms with Crippen molar-refractivity contribution in [1.82, 2.24) is 5.32 Å². The van der Waals surface area contributed by atoms with Crippen LogP contribution in [0.3, 0.4) is 0 Å². The summed E-state index contributed by atoms with van der Waals surface area (Å²) in [7, 11) is 0. The Labute approximate surface area is 171 Å². The average molecular weight is 391 g/mol. The van der Waals surface area contributed by atoms with Gasteiger partial charge >= 0.3 is 12.1 Å². The first kappa shape index (κ1) is 20.5. The molecular formula is C24H25NO4. The van der Waals surface area contributed by atoms with Gasteiger partial charge in [-0.3, -0.25) is 0 Å². The molecule has 1 amide bonds. The number of terminal acetylenes is 1. The molecule has 0 saturated heterocycles. The smallest absolute Gasteiger partial charge is 0.407 e. The molecule has 1 atom stereocenters. The number of esters is 1. The third-order valence-corrected chi connectivity index (χ3v) is 4.65. The Morgan fingerprint density at radius 2 is 1.62 bits per heavy atom. The summed E-state index contributed by atoms with van der Waals surface area (Å²) in [5.74, 6) is 1.76. The van der Waals surface area contributed by atoms with Crippen molar-refractivity contribution in [2.75, 3.05) is 6.61 Å². The Kier molecular flexibility index (Phi) is 5.93. The molecule has 0 heterocycles. The van der Waals surface area contributed by atoms with Crippen LogP contribution in [0, 0.1) is 12.3 Å². The summed E-state index contributed by atoms with van der Waals surface area (Å²) in [6.07, 6.45) is 4.67. The van der Waals surface area contributed by atoms with Crippen molar-refractivity contribution < 1.29 is 19.1 Å². The van der Waals surface area contributed by atoms with Gasteiger partial charge in [0, 0.05) is 12.3 Å². The highest BCUT2D eigenvalue weighted by Gasteiger charge is 2.30. The number of amides is 1. The molecule has 1 aliphatic rings. The minimum Gasteiger partial charge on any atom is -0.458 e. The van der Waals surface area contributed by atoms with Crippen molar-refractivity contribution in [2.45, 2.75) is 44.8 Å². The van der Waals surface area contributed by atoms with E-state index in [9.17, 15) is 9.59 Å². The number of hydrogen-bond donors (Lipinski definition) is 1. The van der Waals surface area contributed by atoms with E-state index in [1.54, 1.807) is 20.8 Å². The number of benzene rings is 2. The number of nitrogens with one attached hydrogen (secondary N) is 1. The quantitative estimate of drug-likeness (QED) is 0.611. The molecule has 0 aromatic heterocycles. The lowest BCUT2D eigenvalue weighted by Crippen LogP contribution is -2.44. The highest BCUT2D eigenvalue weighted by Crippen LogP contribution is 2.44. The predicted molar refractivity (Wildman–Crippen MR) is 111 cm³/mol. The summed E-state index contributed by atoms with van der Waals surface area (Å²) in [4.78, 5) is 24.7. The van der Waals surface area contributed by atoms with E-state index in [2.05, 4.69) is 23.4 Å². The molecule has 0 spiro atoms. The fraction of sp³-hybridized carbons (Fsp3) is 0.333. The van der Waals surface area contributed by atoms with Crippen molar-refractivity contribution in [3.05, 3.63) is 59.7 Å². The average Bonchev–Trinajstić information content (AvgIpc) is 2.99. The number of fused-ring (bicyclic) bond motifs is 3. The summed E-state index contributed by atoms with van der Waals surface area (Å²) < 4.78 is 10.8. The predicted octanol–water partition coefficient (Wildman–Crippen LogP) is 4.26. The van der Waals surface area contributed by atoms with Gasteiger partial charge in [0.2, 0.25) is 0 Å². The molecule has 5 heteroatoms. The molecule has 0 radical (unpaired) electrons. The molecule has 2 aromatic rings. The lowest BCUT2D eigenvalue weighted by atomic mass is 9.98.